The van der Waals surface area contributed by atoms with E-state index in [2.05, 4.69) is 22.0 Å². The van der Waals surface area contributed by atoms with Gasteiger partial charge in [-0.2, -0.15) is 5.26 Å². The third kappa shape index (κ3) is 4.37. The summed E-state index contributed by atoms with van der Waals surface area (Å²) in [6, 6.07) is 17.4. The lowest BCUT2D eigenvalue weighted by atomic mass is 10.2. The van der Waals surface area contributed by atoms with Crippen molar-refractivity contribution < 1.29 is 9.47 Å². The van der Waals surface area contributed by atoms with Gasteiger partial charge in [0.1, 0.15) is 18.4 Å². The minimum Gasteiger partial charge on any atom is -0.490 e. The van der Waals surface area contributed by atoms with Crippen LogP contribution in [-0.2, 0) is 11.3 Å². The van der Waals surface area contributed by atoms with E-state index < -0.39 is 0 Å². The molecule has 2 aromatic carbocycles. The standard InChI is InChI=1S/C16H14BrNO2/c17-15-6-7-16(14(10-15)11-18)20-9-8-19-12-13-4-2-1-3-5-13/h1-7,10H,8-9,12H2. The Morgan fingerprint density at radius 3 is 2.60 bits per heavy atom. The first-order valence-electron chi connectivity index (χ1n) is 6.24. The molecule has 102 valence electrons. The van der Waals surface area contributed by atoms with E-state index in [1.54, 1.807) is 12.1 Å². The molecule has 0 aliphatic rings. The van der Waals surface area contributed by atoms with Gasteiger partial charge in [-0.1, -0.05) is 46.3 Å². The molecule has 20 heavy (non-hydrogen) atoms. The van der Waals surface area contributed by atoms with Gasteiger partial charge in [-0.05, 0) is 23.8 Å². The van der Waals surface area contributed by atoms with E-state index in [9.17, 15) is 0 Å². The molecule has 0 bridgehead atoms. The lowest BCUT2D eigenvalue weighted by Crippen LogP contribution is -2.07. The average Bonchev–Trinajstić information content (AvgIpc) is 2.49. The van der Waals surface area contributed by atoms with Crippen LogP contribution in [0.3, 0.4) is 0 Å². The number of hydrogen-bond donors (Lipinski definition) is 0. The molecule has 0 heterocycles. The SMILES string of the molecule is N#Cc1cc(Br)ccc1OCCOCc1ccccc1. The molecule has 0 saturated carbocycles. The fourth-order valence-corrected chi connectivity index (χ4v) is 2.05. The van der Waals surface area contributed by atoms with Crippen molar-refractivity contribution in [2.24, 2.45) is 0 Å². The van der Waals surface area contributed by atoms with Crippen molar-refractivity contribution in [3.8, 4) is 11.8 Å². The summed E-state index contributed by atoms with van der Waals surface area (Å²) in [5.74, 6) is 0.582. The Hall–Kier alpha value is -1.83. The van der Waals surface area contributed by atoms with Crippen molar-refractivity contribution in [3.05, 3.63) is 64.1 Å². The van der Waals surface area contributed by atoms with Crippen molar-refractivity contribution >= 4 is 15.9 Å². The normalized spacial score (nSPS) is 10.0. The van der Waals surface area contributed by atoms with Crippen LogP contribution in [0.1, 0.15) is 11.1 Å². The third-order valence-corrected chi connectivity index (χ3v) is 3.15. The molecule has 0 saturated heterocycles. The number of halogens is 1. The van der Waals surface area contributed by atoms with Crippen LogP contribution in [-0.4, -0.2) is 13.2 Å². The van der Waals surface area contributed by atoms with Gasteiger partial charge in [0.05, 0.1) is 18.8 Å². The highest BCUT2D eigenvalue weighted by molar-refractivity contribution is 9.10. The van der Waals surface area contributed by atoms with Crippen molar-refractivity contribution in [2.75, 3.05) is 13.2 Å². The fraction of sp³-hybridized carbons (Fsp3) is 0.188. The van der Waals surface area contributed by atoms with E-state index in [1.807, 2.05) is 36.4 Å². The van der Waals surface area contributed by atoms with Gasteiger partial charge in [-0.3, -0.25) is 0 Å². The number of rotatable bonds is 6. The second-order valence-electron chi connectivity index (χ2n) is 4.14. The minimum atomic E-state index is 0.420. The second-order valence-corrected chi connectivity index (χ2v) is 5.05. The predicted molar refractivity (Wildman–Crippen MR) is 80.5 cm³/mol. The van der Waals surface area contributed by atoms with Crippen LogP contribution < -0.4 is 4.74 Å². The Balaban J connectivity index is 1.75. The van der Waals surface area contributed by atoms with Gasteiger partial charge in [0.2, 0.25) is 0 Å². The van der Waals surface area contributed by atoms with Gasteiger partial charge in [0.15, 0.2) is 0 Å². The largest absolute Gasteiger partial charge is 0.490 e. The van der Waals surface area contributed by atoms with Gasteiger partial charge in [-0.25, -0.2) is 0 Å². The Morgan fingerprint density at radius 2 is 1.85 bits per heavy atom. The Morgan fingerprint density at radius 1 is 1.05 bits per heavy atom. The first kappa shape index (κ1) is 14.6. The number of hydrogen-bond acceptors (Lipinski definition) is 3. The average molecular weight is 332 g/mol. The first-order chi connectivity index (χ1) is 9.79. The molecule has 0 aliphatic heterocycles. The highest BCUT2D eigenvalue weighted by atomic mass is 79.9. The maximum absolute atomic E-state index is 9.01. The van der Waals surface area contributed by atoms with E-state index in [-0.39, 0.29) is 0 Å². The van der Waals surface area contributed by atoms with E-state index in [0.717, 1.165) is 10.0 Å². The zero-order valence-electron chi connectivity index (χ0n) is 10.9. The summed E-state index contributed by atoms with van der Waals surface area (Å²) >= 11 is 3.32. The maximum atomic E-state index is 9.01. The number of nitrogens with zero attached hydrogens (tertiary/aromatic N) is 1. The summed E-state index contributed by atoms with van der Waals surface area (Å²) in [7, 11) is 0. The van der Waals surface area contributed by atoms with E-state index in [4.69, 9.17) is 14.7 Å². The van der Waals surface area contributed by atoms with Crippen LogP contribution in [0.4, 0.5) is 0 Å². The highest BCUT2D eigenvalue weighted by Gasteiger charge is 2.03. The van der Waals surface area contributed by atoms with E-state index in [0.29, 0.717) is 31.1 Å². The zero-order chi connectivity index (χ0) is 14.2. The van der Waals surface area contributed by atoms with Gasteiger partial charge >= 0.3 is 0 Å². The molecule has 2 rings (SSSR count). The van der Waals surface area contributed by atoms with Gasteiger partial charge in [-0.15, -0.1) is 0 Å². The lowest BCUT2D eigenvalue weighted by Gasteiger charge is -2.08. The summed E-state index contributed by atoms with van der Waals surface area (Å²) in [5.41, 5.74) is 1.65. The second kappa shape index (κ2) is 7.68. The minimum absolute atomic E-state index is 0.420. The molecule has 3 nitrogen and oxygen atoms in total. The summed E-state index contributed by atoms with van der Waals surface area (Å²) in [6.07, 6.45) is 0. The van der Waals surface area contributed by atoms with Gasteiger partial charge in [0, 0.05) is 4.47 Å². The predicted octanol–water partition coefficient (Wildman–Crippen LogP) is 3.92. The third-order valence-electron chi connectivity index (χ3n) is 2.66. The monoisotopic (exact) mass is 331 g/mol. The molecule has 0 N–H and O–H groups in total. The summed E-state index contributed by atoms with van der Waals surface area (Å²) in [5, 5.41) is 9.01. The quantitative estimate of drug-likeness (QED) is 0.753. The molecule has 0 aliphatic carbocycles. The van der Waals surface area contributed by atoms with E-state index >= 15 is 0 Å². The number of benzene rings is 2. The molecule has 0 amide bonds. The Labute approximate surface area is 126 Å². The van der Waals surface area contributed by atoms with Crippen LogP contribution in [0.2, 0.25) is 0 Å². The number of nitriles is 1. The smallest absolute Gasteiger partial charge is 0.137 e. The number of ether oxygens (including phenoxy) is 2. The first-order valence-corrected chi connectivity index (χ1v) is 7.03. The van der Waals surface area contributed by atoms with Crippen molar-refractivity contribution in [1.82, 2.24) is 0 Å². The van der Waals surface area contributed by atoms with Crippen LogP contribution >= 0.6 is 15.9 Å². The van der Waals surface area contributed by atoms with Gasteiger partial charge < -0.3 is 9.47 Å². The van der Waals surface area contributed by atoms with Crippen LogP contribution in [0.25, 0.3) is 0 Å². The van der Waals surface area contributed by atoms with Crippen molar-refractivity contribution in [2.45, 2.75) is 6.61 Å². The zero-order valence-corrected chi connectivity index (χ0v) is 12.5. The molecule has 0 unspecified atom stereocenters. The molecule has 2 aromatic rings. The van der Waals surface area contributed by atoms with Crippen LogP contribution in [0, 0.1) is 11.3 Å². The van der Waals surface area contributed by atoms with E-state index in [1.165, 1.54) is 0 Å². The summed E-state index contributed by atoms with van der Waals surface area (Å²) in [6.45, 7) is 1.47. The Bertz CT molecular complexity index is 593. The van der Waals surface area contributed by atoms with Crippen molar-refractivity contribution in [3.63, 3.8) is 0 Å². The fourth-order valence-electron chi connectivity index (χ4n) is 1.69. The molecular weight excluding hydrogens is 318 g/mol. The topological polar surface area (TPSA) is 42.2 Å². The molecule has 0 aromatic heterocycles. The van der Waals surface area contributed by atoms with Crippen LogP contribution in [0.15, 0.2) is 53.0 Å². The van der Waals surface area contributed by atoms with Crippen molar-refractivity contribution in [1.29, 1.82) is 5.26 Å². The van der Waals surface area contributed by atoms with Gasteiger partial charge in [0.25, 0.3) is 0 Å². The molecule has 4 heteroatoms. The summed E-state index contributed by atoms with van der Waals surface area (Å²) < 4.78 is 11.9. The highest BCUT2D eigenvalue weighted by Crippen LogP contribution is 2.22. The molecule has 0 atom stereocenters. The van der Waals surface area contributed by atoms with Crippen LogP contribution in [0.5, 0.6) is 5.75 Å². The molecule has 0 fully saturated rings. The molecule has 0 spiro atoms. The summed E-state index contributed by atoms with van der Waals surface area (Å²) in [4.78, 5) is 0. The molecule has 0 radical (unpaired) electrons. The maximum Gasteiger partial charge on any atom is 0.137 e. The Kier molecular flexibility index (Phi) is 5.60. The lowest BCUT2D eigenvalue weighted by molar-refractivity contribution is 0.0888. The molecular formula is C16H14BrNO2.